The lowest BCUT2D eigenvalue weighted by Gasteiger charge is -2.37. The van der Waals surface area contributed by atoms with Crippen molar-refractivity contribution in [2.75, 3.05) is 41.4 Å². The average molecular weight is 527 g/mol. The zero-order chi connectivity index (χ0) is 25.9. The van der Waals surface area contributed by atoms with Gasteiger partial charge in [-0.15, -0.1) is 0 Å². The molecule has 1 aromatic heterocycles. The second-order valence-electron chi connectivity index (χ2n) is 10.5. The Hall–Kier alpha value is -2.89. The summed E-state index contributed by atoms with van der Waals surface area (Å²) in [7, 11) is 0. The molecule has 0 aliphatic carbocycles. The number of alkyl halides is 3. The Bertz CT molecular complexity index is 1150. The van der Waals surface area contributed by atoms with E-state index in [1.54, 1.807) is 4.90 Å². The molecule has 2 aromatic rings. The Morgan fingerprint density at radius 2 is 1.65 bits per heavy atom. The summed E-state index contributed by atoms with van der Waals surface area (Å²) in [4.78, 5) is 20.6. The fourth-order valence-electron chi connectivity index (χ4n) is 6.35. The molecule has 4 unspecified atom stereocenters. The van der Waals surface area contributed by atoms with Gasteiger partial charge >= 0.3 is 6.18 Å². The number of amides is 1. The van der Waals surface area contributed by atoms with Crippen molar-refractivity contribution in [3.63, 3.8) is 0 Å². The van der Waals surface area contributed by atoms with E-state index < -0.39 is 41.6 Å². The second-order valence-corrected chi connectivity index (χ2v) is 10.5. The molecular formula is C25H27F5N4O3. The Kier molecular flexibility index (Phi) is 6.04. The van der Waals surface area contributed by atoms with Crippen LogP contribution in [0.5, 0.6) is 0 Å². The number of piperidine rings is 1. The van der Waals surface area contributed by atoms with Crippen LogP contribution in [0.2, 0.25) is 0 Å². The van der Waals surface area contributed by atoms with Crippen molar-refractivity contribution in [3.8, 4) is 0 Å². The third kappa shape index (κ3) is 4.64. The van der Waals surface area contributed by atoms with E-state index in [2.05, 4.69) is 10.3 Å². The Labute approximate surface area is 209 Å². The van der Waals surface area contributed by atoms with Crippen LogP contribution in [0.15, 0.2) is 16.5 Å². The van der Waals surface area contributed by atoms with E-state index in [1.165, 1.54) is 0 Å². The van der Waals surface area contributed by atoms with Gasteiger partial charge < -0.3 is 24.3 Å². The van der Waals surface area contributed by atoms with E-state index in [9.17, 15) is 18.0 Å². The van der Waals surface area contributed by atoms with Crippen molar-refractivity contribution >= 4 is 23.3 Å². The lowest BCUT2D eigenvalue weighted by molar-refractivity contribution is -0.130. The Balaban J connectivity index is 1.24. The van der Waals surface area contributed by atoms with Gasteiger partial charge in [0.15, 0.2) is 17.3 Å². The van der Waals surface area contributed by atoms with E-state index in [0.717, 1.165) is 44.2 Å². The number of nitrogens with one attached hydrogen (secondary N) is 1. The van der Waals surface area contributed by atoms with E-state index >= 15 is 8.78 Å². The number of carbonyl (C=O) groups is 1. The molecule has 1 amide bonds. The minimum atomic E-state index is -4.64. The number of nitrogens with zero attached hydrogens (tertiary/aromatic N) is 3. The predicted molar refractivity (Wildman–Crippen MR) is 124 cm³/mol. The first kappa shape index (κ1) is 24.4. The number of halogens is 5. The third-order valence-corrected chi connectivity index (χ3v) is 8.00. The molecule has 2 bridgehead atoms. The van der Waals surface area contributed by atoms with Crippen LogP contribution in [-0.2, 0) is 11.2 Å². The normalized spacial score (nSPS) is 27.2. The third-order valence-electron chi connectivity index (χ3n) is 8.00. The molecule has 200 valence electrons. The van der Waals surface area contributed by atoms with E-state index in [1.807, 2.05) is 4.90 Å². The van der Waals surface area contributed by atoms with Gasteiger partial charge in [-0.2, -0.15) is 18.2 Å². The van der Waals surface area contributed by atoms with Crippen LogP contribution >= 0.6 is 0 Å². The van der Waals surface area contributed by atoms with Crippen LogP contribution in [0.4, 0.5) is 39.3 Å². The number of ether oxygens (including phenoxy) is 1. The van der Waals surface area contributed by atoms with Gasteiger partial charge in [-0.1, -0.05) is 0 Å². The molecule has 1 N–H and O–H groups in total. The summed E-state index contributed by atoms with van der Waals surface area (Å²) >= 11 is 0. The summed E-state index contributed by atoms with van der Waals surface area (Å²) in [5, 5.41) is 2.31. The number of hydrogen-bond donors (Lipinski definition) is 1. The quantitative estimate of drug-likeness (QED) is 0.559. The number of anilines is 3. The summed E-state index contributed by atoms with van der Waals surface area (Å²) in [6, 6.07) is 2.08. The number of rotatable bonds is 5. The van der Waals surface area contributed by atoms with Gasteiger partial charge in [-0.3, -0.25) is 4.79 Å². The molecule has 4 fully saturated rings. The highest BCUT2D eigenvalue weighted by Gasteiger charge is 2.41. The standard InChI is InChI=1S/C25H27F5N4O3/c26-18-6-15(7-19(27)22(18)34-16-2-1-3-17(34)5-4-16)31-23(35)21-20(8-25(28,29)30)37-24(32-21)33-9-13-11-36-12-14(13)10-33/h6-7,13-14,16-17H,1-5,8-12H2,(H,31,35). The molecule has 7 nitrogen and oxygen atoms in total. The Morgan fingerprint density at radius 1 is 1.03 bits per heavy atom. The zero-order valence-electron chi connectivity index (χ0n) is 20.0. The second kappa shape index (κ2) is 9.14. The summed E-state index contributed by atoms with van der Waals surface area (Å²) in [5.41, 5.74) is -0.877. The van der Waals surface area contributed by atoms with Crippen LogP contribution < -0.4 is 15.1 Å². The molecule has 37 heavy (non-hydrogen) atoms. The number of hydrogen-bond acceptors (Lipinski definition) is 6. The topological polar surface area (TPSA) is 70.8 Å². The maximum atomic E-state index is 15.1. The van der Waals surface area contributed by atoms with Crippen molar-refractivity contribution in [2.45, 2.75) is 56.8 Å². The van der Waals surface area contributed by atoms with Crippen LogP contribution in [0.25, 0.3) is 0 Å². The average Bonchev–Trinajstić information content (AvgIpc) is 3.55. The maximum absolute atomic E-state index is 15.1. The molecule has 1 aromatic carbocycles. The number of carbonyl (C=O) groups excluding carboxylic acids is 1. The Morgan fingerprint density at radius 3 is 2.24 bits per heavy atom. The number of aromatic nitrogens is 1. The largest absolute Gasteiger partial charge is 0.427 e. The zero-order valence-corrected chi connectivity index (χ0v) is 20.0. The van der Waals surface area contributed by atoms with E-state index in [0.29, 0.717) is 26.3 Å². The van der Waals surface area contributed by atoms with Crippen LogP contribution in [0.1, 0.15) is 48.4 Å². The maximum Gasteiger partial charge on any atom is 0.396 e. The van der Waals surface area contributed by atoms with Gasteiger partial charge in [0.25, 0.3) is 11.9 Å². The van der Waals surface area contributed by atoms with Crippen LogP contribution in [-0.4, -0.2) is 55.5 Å². The lowest BCUT2D eigenvalue weighted by atomic mass is 10.0. The molecule has 4 atom stereocenters. The molecule has 4 aliphatic heterocycles. The van der Waals surface area contributed by atoms with Crippen molar-refractivity contribution in [2.24, 2.45) is 11.8 Å². The number of oxazole rings is 1. The van der Waals surface area contributed by atoms with Gasteiger partial charge in [0.1, 0.15) is 17.9 Å². The van der Waals surface area contributed by atoms with Crippen molar-refractivity contribution < 1.29 is 35.9 Å². The summed E-state index contributed by atoms with van der Waals surface area (Å²) < 4.78 is 80.7. The summed E-state index contributed by atoms with van der Waals surface area (Å²) in [6.45, 7) is 2.09. The molecule has 4 saturated heterocycles. The predicted octanol–water partition coefficient (Wildman–Crippen LogP) is 4.91. The monoisotopic (exact) mass is 526 g/mol. The highest BCUT2D eigenvalue weighted by molar-refractivity contribution is 6.04. The van der Waals surface area contributed by atoms with Gasteiger partial charge in [-0.25, -0.2) is 8.78 Å². The minimum Gasteiger partial charge on any atom is -0.427 e. The highest BCUT2D eigenvalue weighted by Crippen LogP contribution is 2.42. The lowest BCUT2D eigenvalue weighted by Crippen LogP contribution is -2.40. The first-order valence-electron chi connectivity index (χ1n) is 12.6. The van der Waals surface area contributed by atoms with Gasteiger partial charge in [0.2, 0.25) is 0 Å². The molecule has 0 spiro atoms. The van der Waals surface area contributed by atoms with Crippen molar-refractivity contribution in [1.82, 2.24) is 4.98 Å². The van der Waals surface area contributed by atoms with E-state index in [-0.39, 0.29) is 41.3 Å². The molecule has 0 radical (unpaired) electrons. The first-order chi connectivity index (χ1) is 17.7. The van der Waals surface area contributed by atoms with Gasteiger partial charge in [0.05, 0.1) is 13.2 Å². The molecule has 6 rings (SSSR count). The molecule has 4 aliphatic rings. The fraction of sp³-hybridized carbons (Fsp3) is 0.600. The van der Waals surface area contributed by atoms with E-state index in [4.69, 9.17) is 9.15 Å². The van der Waals surface area contributed by atoms with Crippen LogP contribution in [0.3, 0.4) is 0 Å². The summed E-state index contributed by atoms with van der Waals surface area (Å²) in [6.07, 6.45) is -1.61. The molecule has 12 heteroatoms. The first-order valence-corrected chi connectivity index (χ1v) is 12.6. The minimum absolute atomic E-state index is 0.0768. The van der Waals surface area contributed by atoms with Gasteiger partial charge in [-0.05, 0) is 44.2 Å². The smallest absolute Gasteiger partial charge is 0.396 e. The van der Waals surface area contributed by atoms with Crippen LogP contribution in [0, 0.1) is 23.5 Å². The molecular weight excluding hydrogens is 499 g/mol. The molecule has 0 saturated carbocycles. The summed E-state index contributed by atoms with van der Waals surface area (Å²) in [5.74, 6) is -2.88. The van der Waals surface area contributed by atoms with Gasteiger partial charge in [0, 0.05) is 42.7 Å². The SMILES string of the molecule is O=C(Nc1cc(F)c(N2C3CCCC2CC3)c(F)c1)c1nc(N2CC3COCC3C2)oc1CC(F)(F)F. The van der Waals surface area contributed by atoms with Crippen molar-refractivity contribution in [1.29, 1.82) is 0 Å². The number of fused-ring (bicyclic) bond motifs is 3. The number of benzene rings is 1. The van der Waals surface area contributed by atoms with Crippen molar-refractivity contribution in [3.05, 3.63) is 35.2 Å². The highest BCUT2D eigenvalue weighted by atomic mass is 19.4. The fourth-order valence-corrected chi connectivity index (χ4v) is 6.35. The molecule has 5 heterocycles.